The second-order valence-corrected chi connectivity index (χ2v) is 6.03. The normalized spacial score (nSPS) is 22.5. The summed E-state index contributed by atoms with van der Waals surface area (Å²) in [7, 11) is 0. The smallest absolute Gasteiger partial charge is 0.438 e. The topological polar surface area (TPSA) is 79.2 Å². The van der Waals surface area contributed by atoms with Crippen molar-refractivity contribution in [2.75, 3.05) is 0 Å². The molecule has 1 aliphatic heterocycles. The largest absolute Gasteiger partial charge is 0.453 e. The minimum Gasteiger partial charge on any atom is -0.453 e. The first-order valence-electron chi connectivity index (χ1n) is 6.75. The SMILES string of the molecule is CCCC1=NN(C(=O)C(=O)OC(C)(C)C)[C@@](O)(C(F)(F)F)C1. The van der Waals surface area contributed by atoms with Gasteiger partial charge in [0.1, 0.15) is 5.60 Å². The number of rotatable bonds is 2. The number of hydrazone groups is 1. The number of esters is 1. The Labute approximate surface area is 125 Å². The number of carbonyl (C=O) groups is 2. The van der Waals surface area contributed by atoms with Gasteiger partial charge in [-0.25, -0.2) is 4.79 Å². The van der Waals surface area contributed by atoms with Crippen LogP contribution in [0.5, 0.6) is 0 Å². The van der Waals surface area contributed by atoms with E-state index in [0.29, 0.717) is 6.42 Å². The van der Waals surface area contributed by atoms with E-state index in [1.165, 1.54) is 20.8 Å². The second kappa shape index (κ2) is 5.86. The van der Waals surface area contributed by atoms with E-state index in [2.05, 4.69) is 5.10 Å². The molecule has 0 aromatic heterocycles. The van der Waals surface area contributed by atoms with Crippen LogP contribution in [0.3, 0.4) is 0 Å². The lowest BCUT2D eigenvalue weighted by molar-refractivity contribution is -0.302. The molecule has 0 bridgehead atoms. The van der Waals surface area contributed by atoms with Crippen molar-refractivity contribution >= 4 is 17.6 Å². The summed E-state index contributed by atoms with van der Waals surface area (Å²) in [5.41, 5.74) is -4.58. The number of carbonyl (C=O) groups excluding carboxylic acids is 2. The monoisotopic (exact) mass is 324 g/mol. The molecule has 126 valence electrons. The maximum Gasteiger partial charge on any atom is 0.438 e. The number of alkyl halides is 3. The van der Waals surface area contributed by atoms with Crippen molar-refractivity contribution < 1.29 is 32.6 Å². The first-order valence-corrected chi connectivity index (χ1v) is 6.75. The lowest BCUT2D eigenvalue weighted by atomic mass is 10.0. The maximum atomic E-state index is 13.1. The predicted molar refractivity (Wildman–Crippen MR) is 70.7 cm³/mol. The fourth-order valence-electron chi connectivity index (χ4n) is 1.89. The van der Waals surface area contributed by atoms with Gasteiger partial charge in [-0.15, -0.1) is 0 Å². The lowest BCUT2D eigenvalue weighted by Crippen LogP contribution is -2.58. The van der Waals surface area contributed by atoms with Crippen molar-refractivity contribution in [2.45, 2.75) is 64.5 Å². The molecule has 1 rings (SSSR count). The van der Waals surface area contributed by atoms with Gasteiger partial charge in [0.05, 0.1) is 0 Å². The Morgan fingerprint density at radius 2 is 1.91 bits per heavy atom. The molecule has 0 unspecified atom stereocenters. The minimum absolute atomic E-state index is 0.000710. The number of aliphatic hydroxyl groups is 1. The van der Waals surface area contributed by atoms with Crippen molar-refractivity contribution in [3.63, 3.8) is 0 Å². The van der Waals surface area contributed by atoms with Gasteiger partial charge >= 0.3 is 18.1 Å². The number of amides is 1. The molecule has 6 nitrogen and oxygen atoms in total. The maximum absolute atomic E-state index is 13.1. The Hall–Kier alpha value is -1.64. The van der Waals surface area contributed by atoms with Gasteiger partial charge in [-0.2, -0.15) is 23.3 Å². The van der Waals surface area contributed by atoms with E-state index < -0.39 is 35.8 Å². The molecule has 0 saturated carbocycles. The molecule has 22 heavy (non-hydrogen) atoms. The van der Waals surface area contributed by atoms with E-state index in [9.17, 15) is 27.9 Å². The zero-order chi connectivity index (χ0) is 17.3. The zero-order valence-corrected chi connectivity index (χ0v) is 12.8. The van der Waals surface area contributed by atoms with Gasteiger partial charge in [-0.05, 0) is 27.2 Å². The van der Waals surface area contributed by atoms with Crippen LogP contribution in [0.1, 0.15) is 47.0 Å². The number of ether oxygens (including phenoxy) is 1. The third-order valence-electron chi connectivity index (χ3n) is 2.80. The van der Waals surface area contributed by atoms with Crippen LogP contribution in [0, 0.1) is 0 Å². The number of hydrogen-bond acceptors (Lipinski definition) is 5. The van der Waals surface area contributed by atoms with Gasteiger partial charge < -0.3 is 9.84 Å². The molecule has 0 saturated heterocycles. The van der Waals surface area contributed by atoms with E-state index in [4.69, 9.17) is 4.74 Å². The standard InChI is InChI=1S/C13H19F3N2O4/c1-5-6-8-7-12(21,13(14,15)16)18(17-8)9(19)10(20)22-11(2,3)4/h21H,5-7H2,1-4H3/t12-/m0/s1. The molecule has 9 heteroatoms. The predicted octanol–water partition coefficient (Wildman–Crippen LogP) is 1.97. The number of hydrogen-bond donors (Lipinski definition) is 1. The first-order chi connectivity index (χ1) is 9.82. The summed E-state index contributed by atoms with van der Waals surface area (Å²) in [6, 6.07) is 0. The zero-order valence-electron chi connectivity index (χ0n) is 12.8. The highest BCUT2D eigenvalue weighted by Gasteiger charge is 2.64. The molecule has 0 aromatic rings. The van der Waals surface area contributed by atoms with Crippen LogP contribution in [0.15, 0.2) is 5.10 Å². The number of nitrogens with zero attached hydrogens (tertiary/aromatic N) is 2. The summed E-state index contributed by atoms with van der Waals surface area (Å²) in [4.78, 5) is 23.6. The van der Waals surface area contributed by atoms with E-state index in [1.54, 1.807) is 6.92 Å². The summed E-state index contributed by atoms with van der Waals surface area (Å²) < 4.78 is 44.0. The summed E-state index contributed by atoms with van der Waals surface area (Å²) >= 11 is 0. The number of halogens is 3. The van der Waals surface area contributed by atoms with Gasteiger partial charge in [0.2, 0.25) is 0 Å². The molecule has 0 aromatic carbocycles. The molecule has 1 aliphatic rings. The van der Waals surface area contributed by atoms with Crippen molar-refractivity contribution in [3.8, 4) is 0 Å². The van der Waals surface area contributed by atoms with E-state index in [0.717, 1.165) is 0 Å². The van der Waals surface area contributed by atoms with Crippen LogP contribution in [-0.4, -0.2) is 45.2 Å². The fourth-order valence-corrected chi connectivity index (χ4v) is 1.89. The first kappa shape index (κ1) is 18.4. The molecule has 0 aliphatic carbocycles. The van der Waals surface area contributed by atoms with Crippen LogP contribution in [0.2, 0.25) is 0 Å². The van der Waals surface area contributed by atoms with Crippen LogP contribution >= 0.6 is 0 Å². The van der Waals surface area contributed by atoms with Crippen LogP contribution in [-0.2, 0) is 14.3 Å². The van der Waals surface area contributed by atoms with Crippen LogP contribution in [0.4, 0.5) is 13.2 Å². The second-order valence-electron chi connectivity index (χ2n) is 6.03. The van der Waals surface area contributed by atoms with Gasteiger partial charge in [-0.3, -0.25) is 4.79 Å². The molecule has 0 fully saturated rings. The Morgan fingerprint density at radius 1 is 1.36 bits per heavy atom. The van der Waals surface area contributed by atoms with Crippen LogP contribution in [0.25, 0.3) is 0 Å². The minimum atomic E-state index is -5.15. The van der Waals surface area contributed by atoms with Crippen molar-refractivity contribution in [2.24, 2.45) is 5.10 Å². The van der Waals surface area contributed by atoms with Gasteiger partial charge in [0.25, 0.3) is 5.72 Å². The molecule has 1 heterocycles. The molecular weight excluding hydrogens is 305 g/mol. The average Bonchev–Trinajstić information content (AvgIpc) is 2.64. The Morgan fingerprint density at radius 3 is 2.32 bits per heavy atom. The Balaban J connectivity index is 3.10. The average molecular weight is 324 g/mol. The van der Waals surface area contributed by atoms with Gasteiger partial charge in [0, 0.05) is 12.1 Å². The molecule has 1 atom stereocenters. The van der Waals surface area contributed by atoms with Crippen molar-refractivity contribution in [3.05, 3.63) is 0 Å². The third kappa shape index (κ3) is 3.76. The molecular formula is C13H19F3N2O4. The third-order valence-corrected chi connectivity index (χ3v) is 2.80. The molecule has 1 amide bonds. The summed E-state index contributed by atoms with van der Waals surface area (Å²) in [5.74, 6) is -3.16. The Bertz CT molecular complexity index is 496. The molecule has 1 N–H and O–H groups in total. The van der Waals surface area contributed by atoms with Gasteiger partial charge in [-0.1, -0.05) is 13.3 Å². The lowest BCUT2D eigenvalue weighted by Gasteiger charge is -2.32. The van der Waals surface area contributed by atoms with E-state index in [-0.39, 0.29) is 17.1 Å². The Kier molecular flexibility index (Phi) is 4.91. The summed E-state index contributed by atoms with van der Waals surface area (Å²) in [6.07, 6.45) is -5.36. The molecule has 0 spiro atoms. The molecule has 0 radical (unpaired) electrons. The van der Waals surface area contributed by atoms with E-state index in [1.807, 2.05) is 0 Å². The van der Waals surface area contributed by atoms with Crippen LogP contribution < -0.4 is 0 Å². The van der Waals surface area contributed by atoms with Crippen molar-refractivity contribution in [1.29, 1.82) is 0 Å². The fraction of sp³-hybridized carbons (Fsp3) is 0.769. The van der Waals surface area contributed by atoms with Crippen molar-refractivity contribution in [1.82, 2.24) is 5.01 Å². The van der Waals surface area contributed by atoms with Gasteiger partial charge in [0.15, 0.2) is 0 Å². The highest BCUT2D eigenvalue weighted by atomic mass is 19.4. The summed E-state index contributed by atoms with van der Waals surface area (Å²) in [5, 5.41) is 13.1. The van der Waals surface area contributed by atoms with E-state index >= 15 is 0 Å². The summed E-state index contributed by atoms with van der Waals surface area (Å²) in [6.45, 7) is 6.10. The quantitative estimate of drug-likeness (QED) is 0.622. The highest BCUT2D eigenvalue weighted by molar-refractivity contribution is 6.32. The highest BCUT2D eigenvalue weighted by Crippen LogP contribution is 2.41.